The number of morpholine rings is 1. The third-order valence-corrected chi connectivity index (χ3v) is 5.93. The molecule has 0 unspecified atom stereocenters. The van der Waals surface area contributed by atoms with Gasteiger partial charge in [-0.25, -0.2) is 0 Å². The number of hydrogen-bond acceptors (Lipinski definition) is 5. The maximum atomic E-state index is 13.4. The summed E-state index contributed by atoms with van der Waals surface area (Å²) in [5.74, 6) is 0.185. The Hall–Kier alpha value is -2.72. The number of nitriles is 1. The average Bonchev–Trinajstić information content (AvgIpc) is 2.82. The lowest BCUT2D eigenvalue weighted by Gasteiger charge is -2.41. The first kappa shape index (κ1) is 20.5. The van der Waals surface area contributed by atoms with Crippen LogP contribution in [0.4, 0.5) is 0 Å². The minimum absolute atomic E-state index is 0.185. The molecule has 1 amide bonds. The maximum absolute atomic E-state index is 13.4. The fraction of sp³-hybridized carbons (Fsp3) is 0.417. The van der Waals surface area contributed by atoms with Crippen molar-refractivity contribution in [1.29, 1.82) is 5.26 Å². The molecule has 2 aromatic carbocycles. The Bertz CT molecular complexity index is 864. The van der Waals surface area contributed by atoms with Crippen LogP contribution in [0.15, 0.2) is 54.6 Å². The van der Waals surface area contributed by atoms with Gasteiger partial charge in [0.1, 0.15) is 6.04 Å². The van der Waals surface area contributed by atoms with Crippen molar-refractivity contribution in [2.45, 2.75) is 12.6 Å². The Labute approximate surface area is 178 Å². The topological polar surface area (TPSA) is 59.8 Å². The van der Waals surface area contributed by atoms with Crippen molar-refractivity contribution in [2.75, 3.05) is 52.5 Å². The number of rotatable bonds is 5. The second kappa shape index (κ2) is 9.86. The van der Waals surface area contributed by atoms with Gasteiger partial charge in [0, 0.05) is 45.8 Å². The number of carbonyl (C=O) groups excluding carboxylic acids is 1. The fourth-order valence-electron chi connectivity index (χ4n) is 4.22. The fourth-order valence-corrected chi connectivity index (χ4v) is 4.22. The Kier molecular flexibility index (Phi) is 6.75. The summed E-state index contributed by atoms with van der Waals surface area (Å²) in [4.78, 5) is 20.1. The SMILES string of the molecule is N#Cc1ccc(CN2CCN([C@H](C(=O)N3CCOCC3)c3ccccc3)CC2)cc1. The summed E-state index contributed by atoms with van der Waals surface area (Å²) >= 11 is 0. The molecular weight excluding hydrogens is 376 g/mol. The van der Waals surface area contributed by atoms with E-state index in [1.165, 1.54) is 5.56 Å². The molecule has 0 saturated carbocycles. The lowest BCUT2D eigenvalue weighted by atomic mass is 10.0. The zero-order valence-electron chi connectivity index (χ0n) is 17.2. The number of amides is 1. The van der Waals surface area contributed by atoms with Gasteiger partial charge < -0.3 is 9.64 Å². The Morgan fingerprint density at radius 2 is 1.60 bits per heavy atom. The summed E-state index contributed by atoms with van der Waals surface area (Å²) in [5, 5.41) is 8.96. The maximum Gasteiger partial charge on any atom is 0.244 e. The smallest absolute Gasteiger partial charge is 0.244 e. The second-order valence-electron chi connectivity index (χ2n) is 7.87. The highest BCUT2D eigenvalue weighted by Gasteiger charge is 2.33. The molecule has 6 heteroatoms. The quantitative estimate of drug-likeness (QED) is 0.765. The standard InChI is InChI=1S/C24H28N4O2/c25-18-20-6-8-21(9-7-20)19-26-10-12-27(13-11-26)23(22-4-2-1-3-5-22)24(29)28-14-16-30-17-15-28/h1-9,23H,10-17,19H2/t23-/m0/s1. The first-order chi connectivity index (χ1) is 14.7. The van der Waals surface area contributed by atoms with Crippen LogP contribution < -0.4 is 0 Å². The van der Waals surface area contributed by atoms with Crippen molar-refractivity contribution >= 4 is 5.91 Å². The zero-order chi connectivity index (χ0) is 20.8. The van der Waals surface area contributed by atoms with E-state index < -0.39 is 0 Å². The van der Waals surface area contributed by atoms with Crippen LogP contribution in [0.1, 0.15) is 22.7 Å². The highest BCUT2D eigenvalue weighted by molar-refractivity contribution is 5.83. The van der Waals surface area contributed by atoms with Gasteiger partial charge in [-0.15, -0.1) is 0 Å². The second-order valence-corrected chi connectivity index (χ2v) is 7.87. The first-order valence-corrected chi connectivity index (χ1v) is 10.6. The van der Waals surface area contributed by atoms with Crippen LogP contribution in [0.3, 0.4) is 0 Å². The molecule has 2 aliphatic heterocycles. The molecule has 2 saturated heterocycles. The van der Waals surface area contributed by atoms with Gasteiger partial charge in [-0.1, -0.05) is 42.5 Å². The van der Waals surface area contributed by atoms with Crippen LogP contribution in [0.25, 0.3) is 0 Å². The van der Waals surface area contributed by atoms with Crippen LogP contribution in [0, 0.1) is 11.3 Å². The Balaban J connectivity index is 1.42. The van der Waals surface area contributed by atoms with Gasteiger partial charge in [0.15, 0.2) is 0 Å². The molecule has 6 nitrogen and oxygen atoms in total. The number of hydrogen-bond donors (Lipinski definition) is 0. The normalized spacial score (nSPS) is 19.2. The van der Waals surface area contributed by atoms with Gasteiger partial charge in [0.25, 0.3) is 0 Å². The molecule has 30 heavy (non-hydrogen) atoms. The van der Waals surface area contributed by atoms with Gasteiger partial charge in [0.2, 0.25) is 5.91 Å². The van der Waals surface area contributed by atoms with E-state index in [1.54, 1.807) is 0 Å². The van der Waals surface area contributed by atoms with Crippen molar-refractivity contribution in [3.63, 3.8) is 0 Å². The number of piperazine rings is 1. The van der Waals surface area contributed by atoms with E-state index in [9.17, 15) is 4.79 Å². The van der Waals surface area contributed by atoms with Gasteiger partial charge in [-0.2, -0.15) is 5.26 Å². The largest absolute Gasteiger partial charge is 0.378 e. The molecule has 0 aromatic heterocycles. The molecule has 156 valence electrons. The van der Waals surface area contributed by atoms with Crippen LogP contribution in [0.2, 0.25) is 0 Å². The number of ether oxygens (including phenoxy) is 1. The van der Waals surface area contributed by atoms with E-state index in [4.69, 9.17) is 10.00 Å². The zero-order valence-corrected chi connectivity index (χ0v) is 17.2. The van der Waals surface area contributed by atoms with Crippen molar-refractivity contribution in [3.8, 4) is 6.07 Å². The minimum atomic E-state index is -0.235. The first-order valence-electron chi connectivity index (χ1n) is 10.6. The summed E-state index contributed by atoms with van der Waals surface area (Å²) in [7, 11) is 0. The lowest BCUT2D eigenvalue weighted by molar-refractivity contribution is -0.142. The molecule has 2 aromatic rings. The predicted octanol–water partition coefficient (Wildman–Crippen LogP) is 2.28. The van der Waals surface area contributed by atoms with Gasteiger partial charge >= 0.3 is 0 Å². The predicted molar refractivity (Wildman–Crippen MR) is 115 cm³/mol. The Morgan fingerprint density at radius 1 is 0.933 bits per heavy atom. The summed E-state index contributed by atoms with van der Waals surface area (Å²) in [6.07, 6.45) is 0. The average molecular weight is 405 g/mol. The van der Waals surface area contributed by atoms with E-state index in [2.05, 4.69) is 28.0 Å². The number of benzene rings is 2. The van der Waals surface area contributed by atoms with Crippen LogP contribution >= 0.6 is 0 Å². The lowest BCUT2D eigenvalue weighted by Crippen LogP contribution is -2.52. The molecule has 0 aliphatic carbocycles. The third kappa shape index (κ3) is 4.88. The van der Waals surface area contributed by atoms with Gasteiger partial charge in [-0.3, -0.25) is 14.6 Å². The molecule has 1 atom stereocenters. The molecular formula is C24H28N4O2. The third-order valence-electron chi connectivity index (χ3n) is 5.93. The van der Waals surface area contributed by atoms with E-state index in [0.717, 1.165) is 38.3 Å². The number of carbonyl (C=O) groups is 1. The van der Waals surface area contributed by atoms with E-state index in [0.29, 0.717) is 31.9 Å². The molecule has 0 N–H and O–H groups in total. The summed E-state index contributed by atoms with van der Waals surface area (Å²) in [6, 6.07) is 19.9. The van der Waals surface area contributed by atoms with E-state index in [1.807, 2.05) is 47.4 Å². The summed E-state index contributed by atoms with van der Waals surface area (Å²) < 4.78 is 5.43. The molecule has 0 spiro atoms. The molecule has 4 rings (SSSR count). The van der Waals surface area contributed by atoms with Gasteiger partial charge in [0.05, 0.1) is 24.8 Å². The molecule has 2 fully saturated rings. The molecule has 0 radical (unpaired) electrons. The van der Waals surface area contributed by atoms with Crippen molar-refractivity contribution < 1.29 is 9.53 Å². The number of nitrogens with zero attached hydrogens (tertiary/aromatic N) is 4. The minimum Gasteiger partial charge on any atom is -0.378 e. The van der Waals surface area contributed by atoms with Gasteiger partial charge in [-0.05, 0) is 23.3 Å². The molecule has 0 bridgehead atoms. The molecule has 2 aliphatic rings. The van der Waals surface area contributed by atoms with E-state index >= 15 is 0 Å². The Morgan fingerprint density at radius 3 is 2.23 bits per heavy atom. The van der Waals surface area contributed by atoms with Crippen LogP contribution in [-0.4, -0.2) is 73.1 Å². The molecule has 2 heterocycles. The van der Waals surface area contributed by atoms with Crippen molar-refractivity contribution in [3.05, 3.63) is 71.3 Å². The van der Waals surface area contributed by atoms with E-state index in [-0.39, 0.29) is 11.9 Å². The van der Waals surface area contributed by atoms with Crippen molar-refractivity contribution in [1.82, 2.24) is 14.7 Å². The van der Waals surface area contributed by atoms with Crippen LogP contribution in [-0.2, 0) is 16.1 Å². The van der Waals surface area contributed by atoms with Crippen molar-refractivity contribution in [2.24, 2.45) is 0 Å². The monoisotopic (exact) mass is 404 g/mol. The van der Waals surface area contributed by atoms with Crippen LogP contribution in [0.5, 0.6) is 0 Å². The highest BCUT2D eigenvalue weighted by Crippen LogP contribution is 2.25. The highest BCUT2D eigenvalue weighted by atomic mass is 16.5. The summed E-state index contributed by atoms with van der Waals surface area (Å²) in [6.45, 7) is 6.98. The summed E-state index contributed by atoms with van der Waals surface area (Å²) in [5.41, 5.74) is 2.97.